The Morgan fingerprint density at radius 2 is 2.03 bits per heavy atom. The average molecular weight is 396 g/mol. The second kappa shape index (κ2) is 9.32. The Hall–Kier alpha value is -2.52. The fourth-order valence-corrected chi connectivity index (χ4v) is 4.12. The molecule has 2 heterocycles. The number of benzene rings is 1. The Bertz CT molecular complexity index is 860. The van der Waals surface area contributed by atoms with Gasteiger partial charge in [0, 0.05) is 38.4 Å². The van der Waals surface area contributed by atoms with Gasteiger partial charge >= 0.3 is 0 Å². The Morgan fingerprint density at radius 1 is 1.24 bits per heavy atom. The van der Waals surface area contributed by atoms with Crippen molar-refractivity contribution in [2.45, 2.75) is 46.7 Å². The van der Waals surface area contributed by atoms with E-state index in [0.29, 0.717) is 11.8 Å². The van der Waals surface area contributed by atoms with Crippen molar-refractivity contribution >= 4 is 5.69 Å². The third-order valence-electron chi connectivity index (χ3n) is 5.52. The van der Waals surface area contributed by atoms with E-state index in [0.717, 1.165) is 49.5 Å². The standard InChI is InChI=1S/C23H30FN5/c1-16(2)10-18-11-21(24)20(13-25)22(12-18)29-9-8-28(23(15-29)17(3)4)14-19-6-5-7-26-27-19/h5-7,11-12,16-17,23H,8-10,14-15H2,1-4H3. The van der Waals surface area contributed by atoms with Gasteiger partial charge in [-0.25, -0.2) is 4.39 Å². The molecule has 0 amide bonds. The SMILES string of the molecule is CC(C)Cc1cc(F)c(C#N)c(N2CCN(Cc3cccnn3)C(C(C)C)C2)c1. The molecule has 0 N–H and O–H groups in total. The molecule has 0 saturated carbocycles. The van der Waals surface area contributed by atoms with Crippen LogP contribution in [0.4, 0.5) is 10.1 Å². The summed E-state index contributed by atoms with van der Waals surface area (Å²) in [7, 11) is 0. The lowest BCUT2D eigenvalue weighted by atomic mass is 9.96. The summed E-state index contributed by atoms with van der Waals surface area (Å²) in [6.07, 6.45) is 2.49. The fraction of sp³-hybridized carbons (Fsp3) is 0.522. The van der Waals surface area contributed by atoms with Crippen LogP contribution in [0.15, 0.2) is 30.5 Å². The summed E-state index contributed by atoms with van der Waals surface area (Å²) in [6, 6.07) is 9.81. The zero-order valence-corrected chi connectivity index (χ0v) is 17.8. The van der Waals surface area contributed by atoms with Crippen molar-refractivity contribution in [2.24, 2.45) is 11.8 Å². The van der Waals surface area contributed by atoms with E-state index in [4.69, 9.17) is 0 Å². The van der Waals surface area contributed by atoms with Crippen LogP contribution in [0.25, 0.3) is 0 Å². The molecule has 154 valence electrons. The summed E-state index contributed by atoms with van der Waals surface area (Å²) >= 11 is 0. The van der Waals surface area contributed by atoms with Crippen molar-refractivity contribution in [3.63, 3.8) is 0 Å². The Balaban J connectivity index is 1.85. The van der Waals surface area contributed by atoms with Crippen molar-refractivity contribution < 1.29 is 4.39 Å². The molecule has 1 aliphatic heterocycles. The number of halogens is 1. The molecule has 1 unspecified atom stereocenters. The number of hydrogen-bond donors (Lipinski definition) is 0. The van der Waals surface area contributed by atoms with E-state index in [1.165, 1.54) is 6.07 Å². The van der Waals surface area contributed by atoms with E-state index in [1.807, 2.05) is 18.2 Å². The molecule has 0 bridgehead atoms. The van der Waals surface area contributed by atoms with Crippen LogP contribution in [0.5, 0.6) is 0 Å². The first-order valence-corrected chi connectivity index (χ1v) is 10.4. The van der Waals surface area contributed by atoms with E-state index in [2.05, 4.69) is 53.8 Å². The number of nitrogens with zero attached hydrogens (tertiary/aromatic N) is 5. The number of anilines is 1. The molecule has 2 aromatic rings. The molecule has 0 aliphatic carbocycles. The third-order valence-corrected chi connectivity index (χ3v) is 5.52. The maximum absolute atomic E-state index is 14.7. The molecule has 6 heteroatoms. The lowest BCUT2D eigenvalue weighted by molar-refractivity contribution is 0.128. The van der Waals surface area contributed by atoms with E-state index in [9.17, 15) is 9.65 Å². The number of nitriles is 1. The minimum atomic E-state index is -0.413. The van der Waals surface area contributed by atoms with Gasteiger partial charge in [0.05, 0.1) is 11.4 Å². The van der Waals surface area contributed by atoms with Crippen LogP contribution in [0.2, 0.25) is 0 Å². The van der Waals surface area contributed by atoms with Gasteiger partial charge in [-0.3, -0.25) is 4.90 Å². The molecule has 1 saturated heterocycles. The van der Waals surface area contributed by atoms with Gasteiger partial charge in [0.1, 0.15) is 17.4 Å². The van der Waals surface area contributed by atoms with Crippen molar-refractivity contribution in [2.75, 3.05) is 24.5 Å². The minimum absolute atomic E-state index is 0.155. The lowest BCUT2D eigenvalue weighted by Crippen LogP contribution is -2.55. The van der Waals surface area contributed by atoms with Gasteiger partial charge in [0.15, 0.2) is 0 Å². The van der Waals surface area contributed by atoms with Crippen molar-refractivity contribution in [3.8, 4) is 6.07 Å². The van der Waals surface area contributed by atoms with Crippen molar-refractivity contribution in [1.82, 2.24) is 15.1 Å². The van der Waals surface area contributed by atoms with Gasteiger partial charge in [-0.2, -0.15) is 15.5 Å². The van der Waals surface area contributed by atoms with Crippen molar-refractivity contribution in [3.05, 3.63) is 53.1 Å². The molecular weight excluding hydrogens is 365 g/mol. The van der Waals surface area contributed by atoms with E-state index in [1.54, 1.807) is 6.20 Å². The topological polar surface area (TPSA) is 56.1 Å². The van der Waals surface area contributed by atoms with Gasteiger partial charge in [-0.05, 0) is 48.1 Å². The maximum atomic E-state index is 14.7. The monoisotopic (exact) mass is 395 g/mol. The summed E-state index contributed by atoms with van der Waals surface area (Å²) in [5.74, 6) is 0.440. The smallest absolute Gasteiger partial charge is 0.143 e. The first-order valence-electron chi connectivity index (χ1n) is 10.4. The number of hydrogen-bond acceptors (Lipinski definition) is 5. The molecular formula is C23H30FN5. The normalized spacial score (nSPS) is 17.7. The zero-order valence-electron chi connectivity index (χ0n) is 17.8. The van der Waals surface area contributed by atoms with E-state index < -0.39 is 5.82 Å². The molecule has 0 spiro atoms. The Kier molecular flexibility index (Phi) is 6.81. The molecule has 1 fully saturated rings. The predicted molar refractivity (Wildman–Crippen MR) is 113 cm³/mol. The molecule has 5 nitrogen and oxygen atoms in total. The maximum Gasteiger partial charge on any atom is 0.143 e. The fourth-order valence-electron chi connectivity index (χ4n) is 4.12. The summed E-state index contributed by atoms with van der Waals surface area (Å²) in [5, 5.41) is 17.8. The van der Waals surface area contributed by atoms with Gasteiger partial charge in [0.25, 0.3) is 0 Å². The predicted octanol–water partition coefficient (Wildman–Crippen LogP) is 4.03. The summed E-state index contributed by atoms with van der Waals surface area (Å²) in [5.41, 5.74) is 2.79. The van der Waals surface area contributed by atoms with E-state index >= 15 is 0 Å². The Morgan fingerprint density at radius 3 is 2.66 bits per heavy atom. The molecule has 1 aromatic heterocycles. The van der Waals surface area contributed by atoms with Gasteiger partial charge in [-0.15, -0.1) is 0 Å². The third kappa shape index (κ3) is 5.10. The van der Waals surface area contributed by atoms with Crippen LogP contribution in [0.3, 0.4) is 0 Å². The lowest BCUT2D eigenvalue weighted by Gasteiger charge is -2.44. The van der Waals surface area contributed by atoms with Crippen LogP contribution in [-0.4, -0.2) is 40.8 Å². The summed E-state index contributed by atoms with van der Waals surface area (Å²) in [4.78, 5) is 4.61. The molecule has 1 aromatic carbocycles. The van der Waals surface area contributed by atoms with Crippen LogP contribution in [0.1, 0.15) is 44.5 Å². The van der Waals surface area contributed by atoms with Gasteiger partial charge in [0.2, 0.25) is 0 Å². The van der Waals surface area contributed by atoms with Crippen LogP contribution in [0, 0.1) is 29.0 Å². The first kappa shape index (κ1) is 21.2. The molecule has 1 atom stereocenters. The second-order valence-electron chi connectivity index (χ2n) is 8.62. The summed E-state index contributed by atoms with van der Waals surface area (Å²) in [6.45, 7) is 11.8. The average Bonchev–Trinajstić information content (AvgIpc) is 2.68. The van der Waals surface area contributed by atoms with Crippen LogP contribution in [-0.2, 0) is 13.0 Å². The quantitative estimate of drug-likeness (QED) is 0.739. The molecule has 0 radical (unpaired) electrons. The summed E-state index contributed by atoms with van der Waals surface area (Å²) < 4.78 is 14.7. The van der Waals surface area contributed by atoms with Crippen LogP contribution >= 0.6 is 0 Å². The number of piperazine rings is 1. The number of rotatable bonds is 6. The highest BCUT2D eigenvalue weighted by Crippen LogP contribution is 2.30. The Labute approximate surface area is 173 Å². The first-order chi connectivity index (χ1) is 13.9. The second-order valence-corrected chi connectivity index (χ2v) is 8.62. The van der Waals surface area contributed by atoms with Crippen molar-refractivity contribution in [1.29, 1.82) is 5.26 Å². The van der Waals surface area contributed by atoms with Gasteiger partial charge in [-0.1, -0.05) is 27.7 Å². The molecule has 1 aliphatic rings. The highest BCUT2D eigenvalue weighted by Gasteiger charge is 2.31. The van der Waals surface area contributed by atoms with Gasteiger partial charge < -0.3 is 4.90 Å². The number of aromatic nitrogens is 2. The zero-order chi connectivity index (χ0) is 21.0. The van der Waals surface area contributed by atoms with Crippen LogP contribution < -0.4 is 4.90 Å². The minimum Gasteiger partial charge on any atom is -0.368 e. The highest BCUT2D eigenvalue weighted by atomic mass is 19.1. The molecule has 29 heavy (non-hydrogen) atoms. The van der Waals surface area contributed by atoms with E-state index in [-0.39, 0.29) is 11.6 Å². The highest BCUT2D eigenvalue weighted by molar-refractivity contribution is 5.62. The molecule has 3 rings (SSSR count). The largest absolute Gasteiger partial charge is 0.368 e.